The highest BCUT2D eigenvalue weighted by atomic mass is 19.1. The Morgan fingerprint density at radius 2 is 1.77 bits per heavy atom. The van der Waals surface area contributed by atoms with Crippen LogP contribution in [0.25, 0.3) is 22.2 Å². The molecule has 3 aromatic carbocycles. The van der Waals surface area contributed by atoms with Crippen LogP contribution < -0.4 is 15.4 Å². The van der Waals surface area contributed by atoms with E-state index in [2.05, 4.69) is 37.8 Å². The zero-order valence-corrected chi connectivity index (χ0v) is 22.0. The largest absolute Gasteiger partial charge is 0.453 e. The molecule has 9 heteroatoms. The van der Waals surface area contributed by atoms with Gasteiger partial charge in [0.1, 0.15) is 11.1 Å². The van der Waals surface area contributed by atoms with E-state index in [1.54, 1.807) is 24.4 Å². The van der Waals surface area contributed by atoms with Crippen molar-refractivity contribution in [2.75, 3.05) is 30.8 Å². The van der Waals surface area contributed by atoms with Crippen LogP contribution in [-0.4, -0.2) is 52.2 Å². The van der Waals surface area contributed by atoms with Crippen molar-refractivity contribution < 1.29 is 13.9 Å². The van der Waals surface area contributed by atoms with Crippen molar-refractivity contribution in [1.82, 2.24) is 20.1 Å². The molecule has 1 aliphatic rings. The SMILES string of the molecule is CN1CCC(Nc2n[nH]c3nccc(Oc4ccc(NC(=O)c5cccc(-c6ccccc6)c5)cc4F)c23)CC1. The summed E-state index contributed by atoms with van der Waals surface area (Å²) in [6, 6.07) is 23.5. The van der Waals surface area contributed by atoms with Crippen molar-refractivity contribution in [2.45, 2.75) is 18.9 Å². The number of aromatic amines is 1. The van der Waals surface area contributed by atoms with Gasteiger partial charge in [-0.25, -0.2) is 9.37 Å². The van der Waals surface area contributed by atoms with Gasteiger partial charge >= 0.3 is 0 Å². The topological polar surface area (TPSA) is 95.2 Å². The molecular formula is C31H29FN6O2. The van der Waals surface area contributed by atoms with E-state index in [-0.39, 0.29) is 17.7 Å². The lowest BCUT2D eigenvalue weighted by molar-refractivity contribution is 0.102. The van der Waals surface area contributed by atoms with Gasteiger partial charge in [-0.05, 0) is 68.4 Å². The minimum atomic E-state index is -0.603. The second-order valence-electron chi connectivity index (χ2n) is 9.98. The standard InChI is InChI=1S/C31H29FN6O2/c1-38-16-13-23(14-17-38)34-30-28-27(12-15-33-29(28)36-37-30)40-26-11-10-24(19-25(26)32)35-31(39)22-9-5-8-21(18-22)20-6-3-2-4-7-20/h2-12,15,18-19,23H,13-14,16-17H2,1H3,(H,35,39)(H2,33,34,36,37). The van der Waals surface area contributed by atoms with Crippen molar-refractivity contribution in [3.63, 3.8) is 0 Å². The van der Waals surface area contributed by atoms with Crippen LogP contribution in [0.2, 0.25) is 0 Å². The third kappa shape index (κ3) is 5.50. The average molecular weight is 537 g/mol. The van der Waals surface area contributed by atoms with Gasteiger partial charge in [-0.3, -0.25) is 9.89 Å². The monoisotopic (exact) mass is 536 g/mol. The second-order valence-corrected chi connectivity index (χ2v) is 9.98. The predicted octanol–water partition coefficient (Wildman–Crippen LogP) is 6.31. The molecule has 0 saturated carbocycles. The summed E-state index contributed by atoms with van der Waals surface area (Å²) in [5, 5.41) is 14.3. The summed E-state index contributed by atoms with van der Waals surface area (Å²) in [6.07, 6.45) is 3.59. The third-order valence-corrected chi connectivity index (χ3v) is 7.12. The number of nitrogens with one attached hydrogen (secondary N) is 3. The lowest BCUT2D eigenvalue weighted by Gasteiger charge is -2.29. The second kappa shape index (κ2) is 11.2. The molecule has 0 radical (unpaired) electrons. The van der Waals surface area contributed by atoms with E-state index >= 15 is 4.39 Å². The summed E-state index contributed by atoms with van der Waals surface area (Å²) >= 11 is 0. The van der Waals surface area contributed by atoms with Gasteiger partial charge in [0.2, 0.25) is 0 Å². The van der Waals surface area contributed by atoms with Gasteiger partial charge in [0, 0.05) is 35.6 Å². The molecule has 1 fully saturated rings. The number of nitrogens with zero attached hydrogens (tertiary/aromatic N) is 3. The van der Waals surface area contributed by atoms with Crippen LogP contribution in [-0.2, 0) is 0 Å². The summed E-state index contributed by atoms with van der Waals surface area (Å²) in [4.78, 5) is 19.6. The first-order chi connectivity index (χ1) is 19.5. The number of H-pyrrole nitrogens is 1. The Hall–Kier alpha value is -4.76. The number of carbonyl (C=O) groups excluding carboxylic acids is 1. The fraction of sp³-hybridized carbons (Fsp3) is 0.194. The predicted molar refractivity (Wildman–Crippen MR) is 154 cm³/mol. The fourth-order valence-electron chi connectivity index (χ4n) is 4.91. The molecule has 8 nitrogen and oxygen atoms in total. The van der Waals surface area contributed by atoms with Crippen LogP contribution in [0.5, 0.6) is 11.5 Å². The average Bonchev–Trinajstić information content (AvgIpc) is 3.40. The lowest BCUT2D eigenvalue weighted by atomic mass is 10.0. The Labute approximate surface area is 231 Å². The highest BCUT2D eigenvalue weighted by molar-refractivity contribution is 6.05. The Bertz CT molecular complexity index is 1650. The molecular weight excluding hydrogens is 507 g/mol. The highest BCUT2D eigenvalue weighted by Crippen LogP contribution is 2.35. The third-order valence-electron chi connectivity index (χ3n) is 7.12. The Morgan fingerprint density at radius 3 is 2.58 bits per heavy atom. The van der Waals surface area contributed by atoms with Gasteiger partial charge in [-0.1, -0.05) is 42.5 Å². The molecule has 1 amide bonds. The van der Waals surface area contributed by atoms with Gasteiger partial charge in [-0.2, -0.15) is 5.10 Å². The number of halogens is 1. The van der Waals surface area contributed by atoms with Crippen molar-refractivity contribution >= 4 is 28.4 Å². The molecule has 0 unspecified atom stereocenters. The number of aromatic nitrogens is 3. The Balaban J connectivity index is 1.18. The van der Waals surface area contributed by atoms with E-state index in [4.69, 9.17) is 4.74 Å². The molecule has 0 bridgehead atoms. The molecule has 40 heavy (non-hydrogen) atoms. The maximum absolute atomic E-state index is 15.2. The Morgan fingerprint density at radius 1 is 0.975 bits per heavy atom. The number of carbonyl (C=O) groups is 1. The summed E-state index contributed by atoms with van der Waals surface area (Å²) in [5.74, 6) is 0.166. The normalized spacial score (nSPS) is 14.2. The van der Waals surface area contributed by atoms with Crippen LogP contribution >= 0.6 is 0 Å². The minimum Gasteiger partial charge on any atom is -0.453 e. The molecule has 3 heterocycles. The number of ether oxygens (including phenoxy) is 1. The minimum absolute atomic E-state index is 0.0306. The first-order valence-corrected chi connectivity index (χ1v) is 13.3. The van der Waals surface area contributed by atoms with Gasteiger partial charge < -0.3 is 20.3 Å². The van der Waals surface area contributed by atoms with Gasteiger partial charge in [0.15, 0.2) is 23.0 Å². The molecule has 0 spiro atoms. The molecule has 1 aliphatic heterocycles. The summed E-state index contributed by atoms with van der Waals surface area (Å²) in [6.45, 7) is 2.02. The number of fused-ring (bicyclic) bond motifs is 1. The number of benzene rings is 3. The zero-order chi connectivity index (χ0) is 27.5. The number of likely N-dealkylation sites (tertiary alicyclic amines) is 1. The summed E-state index contributed by atoms with van der Waals surface area (Å²) in [5.41, 5.74) is 3.29. The van der Waals surface area contributed by atoms with Crippen molar-refractivity contribution in [1.29, 1.82) is 0 Å². The van der Waals surface area contributed by atoms with Crippen LogP contribution in [0.15, 0.2) is 85.1 Å². The number of anilines is 2. The van der Waals surface area contributed by atoms with E-state index in [1.807, 2.05) is 48.5 Å². The molecule has 202 valence electrons. The molecule has 6 rings (SSSR count). The van der Waals surface area contributed by atoms with E-state index in [0.717, 1.165) is 37.1 Å². The van der Waals surface area contributed by atoms with E-state index in [0.29, 0.717) is 33.9 Å². The lowest BCUT2D eigenvalue weighted by Crippen LogP contribution is -2.36. The number of pyridine rings is 1. The number of hydrogen-bond acceptors (Lipinski definition) is 6. The molecule has 2 aromatic heterocycles. The van der Waals surface area contributed by atoms with E-state index < -0.39 is 5.82 Å². The zero-order valence-electron chi connectivity index (χ0n) is 22.0. The summed E-state index contributed by atoms with van der Waals surface area (Å²) < 4.78 is 21.2. The first kappa shape index (κ1) is 25.5. The van der Waals surface area contributed by atoms with Crippen LogP contribution in [0.4, 0.5) is 15.9 Å². The quantitative estimate of drug-likeness (QED) is 0.226. The van der Waals surface area contributed by atoms with Gasteiger partial charge in [-0.15, -0.1) is 0 Å². The molecule has 0 atom stereocenters. The maximum Gasteiger partial charge on any atom is 0.255 e. The van der Waals surface area contributed by atoms with Crippen molar-refractivity contribution in [3.05, 3.63) is 96.4 Å². The number of piperidine rings is 1. The fourth-order valence-corrected chi connectivity index (χ4v) is 4.91. The number of hydrogen-bond donors (Lipinski definition) is 3. The van der Waals surface area contributed by atoms with Crippen molar-refractivity contribution in [2.24, 2.45) is 0 Å². The van der Waals surface area contributed by atoms with E-state index in [1.165, 1.54) is 12.1 Å². The first-order valence-electron chi connectivity index (χ1n) is 13.3. The molecule has 0 aliphatic carbocycles. The van der Waals surface area contributed by atoms with Gasteiger partial charge in [0.05, 0.1) is 0 Å². The van der Waals surface area contributed by atoms with Crippen molar-refractivity contribution in [3.8, 4) is 22.6 Å². The smallest absolute Gasteiger partial charge is 0.255 e. The molecule has 3 N–H and O–H groups in total. The van der Waals surface area contributed by atoms with E-state index in [9.17, 15) is 4.79 Å². The van der Waals surface area contributed by atoms with Crippen LogP contribution in [0.3, 0.4) is 0 Å². The van der Waals surface area contributed by atoms with Crippen LogP contribution in [0, 0.1) is 5.82 Å². The molecule has 1 saturated heterocycles. The number of amides is 1. The van der Waals surface area contributed by atoms with Gasteiger partial charge in [0.25, 0.3) is 5.91 Å². The Kier molecular flexibility index (Phi) is 7.11. The molecule has 5 aromatic rings. The number of rotatable bonds is 7. The highest BCUT2D eigenvalue weighted by Gasteiger charge is 2.21. The maximum atomic E-state index is 15.2. The summed E-state index contributed by atoms with van der Waals surface area (Å²) in [7, 11) is 2.12. The van der Waals surface area contributed by atoms with Crippen LogP contribution in [0.1, 0.15) is 23.2 Å².